The van der Waals surface area contributed by atoms with Gasteiger partial charge in [-0.25, -0.2) is 13.8 Å². The van der Waals surface area contributed by atoms with E-state index in [1.165, 1.54) is 41.6 Å². The molecule has 1 aliphatic heterocycles. The fourth-order valence-corrected chi connectivity index (χ4v) is 4.47. The number of ether oxygens (including phenoxy) is 1. The van der Waals surface area contributed by atoms with Crippen LogP contribution in [-0.2, 0) is 17.5 Å². The summed E-state index contributed by atoms with van der Waals surface area (Å²) in [6.07, 6.45) is -2.76. The van der Waals surface area contributed by atoms with Gasteiger partial charge < -0.3 is 19.6 Å². The van der Waals surface area contributed by atoms with E-state index in [-0.39, 0.29) is 53.9 Å². The molecule has 0 saturated heterocycles. The molecule has 0 bridgehead atoms. The van der Waals surface area contributed by atoms with Crippen LogP contribution in [0.25, 0.3) is 22.6 Å². The number of nitrogens with zero attached hydrogens (tertiary/aromatic N) is 4. The van der Waals surface area contributed by atoms with Crippen LogP contribution in [0, 0.1) is 11.6 Å². The zero-order chi connectivity index (χ0) is 30.0. The molecule has 1 unspecified atom stereocenters. The molecule has 0 saturated carbocycles. The molecule has 3 heterocycles. The van der Waals surface area contributed by atoms with Crippen LogP contribution in [0.4, 0.5) is 22.0 Å². The molecule has 220 valence electrons. The topological polar surface area (TPSA) is 109 Å². The lowest BCUT2D eigenvalue weighted by Crippen LogP contribution is -2.39. The average molecular weight is 589 g/mol. The Hall–Kier alpha value is -4.75. The van der Waals surface area contributed by atoms with Crippen LogP contribution in [-0.4, -0.2) is 45.4 Å². The van der Waals surface area contributed by atoms with E-state index in [2.05, 4.69) is 25.5 Å². The third kappa shape index (κ3) is 5.69. The molecule has 5 rings (SSSR count). The van der Waals surface area contributed by atoms with E-state index in [0.29, 0.717) is 17.8 Å². The third-order valence-corrected chi connectivity index (χ3v) is 6.41. The van der Waals surface area contributed by atoms with Crippen molar-refractivity contribution in [3.05, 3.63) is 76.8 Å². The van der Waals surface area contributed by atoms with E-state index in [1.54, 1.807) is 6.92 Å². The van der Waals surface area contributed by atoms with Gasteiger partial charge in [-0.2, -0.15) is 18.3 Å². The zero-order valence-electron chi connectivity index (χ0n) is 22.4. The Balaban J connectivity index is 1.47. The van der Waals surface area contributed by atoms with Crippen molar-refractivity contribution in [1.29, 1.82) is 0 Å². The van der Waals surface area contributed by atoms with Gasteiger partial charge in [0.05, 0.1) is 36.2 Å². The predicted octanol–water partition coefficient (Wildman–Crippen LogP) is 5.84. The normalized spacial score (nSPS) is 13.6. The van der Waals surface area contributed by atoms with Gasteiger partial charge in [-0.1, -0.05) is 18.1 Å². The maximum Gasteiger partial charge on any atom is 0.417 e. The molecule has 1 aliphatic rings. The number of rotatable bonds is 9. The molecule has 9 nitrogen and oxygen atoms in total. The van der Waals surface area contributed by atoms with Crippen LogP contribution in [0.15, 0.2) is 52.1 Å². The van der Waals surface area contributed by atoms with Crippen LogP contribution in [0.1, 0.15) is 49.0 Å². The number of halogens is 5. The molecule has 2 aromatic heterocycles. The van der Waals surface area contributed by atoms with Crippen molar-refractivity contribution in [2.75, 3.05) is 13.2 Å². The highest BCUT2D eigenvalue weighted by Crippen LogP contribution is 2.40. The standard InChI is InChI=1S/C28H25F5N6O3/c1-3-10-41-15-8-9-16(18(11-15)28(31,32)33)20-12-23(42-38-20)25(27(40)34-4-2)39-14-22-21(13-35-39)36-26(37-22)17-6-5-7-19(29)24(17)30/h5-9,11-13,25H,3-4,10,14H2,1-2H3,(H,34,40)(H,36,37). The molecule has 1 atom stereocenters. The number of alkyl halides is 3. The van der Waals surface area contributed by atoms with Crippen molar-refractivity contribution in [1.82, 2.24) is 25.5 Å². The van der Waals surface area contributed by atoms with Crippen molar-refractivity contribution in [3.8, 4) is 28.4 Å². The van der Waals surface area contributed by atoms with E-state index < -0.39 is 35.3 Å². The second kappa shape index (κ2) is 11.6. The summed E-state index contributed by atoms with van der Waals surface area (Å²) >= 11 is 0. The van der Waals surface area contributed by atoms with Crippen LogP contribution >= 0.6 is 0 Å². The first-order chi connectivity index (χ1) is 20.1. The number of hydrogen-bond acceptors (Lipinski definition) is 7. The fourth-order valence-electron chi connectivity index (χ4n) is 4.47. The number of hydrazone groups is 1. The SMILES string of the molecule is CCCOc1ccc(-c2cc(C(C(=O)NCC)N3Cc4[nH]c(-c5cccc(F)c5F)nc4C=N3)on2)c(C(F)(F)F)c1. The summed E-state index contributed by atoms with van der Waals surface area (Å²) in [5, 5.41) is 12.1. The highest BCUT2D eigenvalue weighted by atomic mass is 19.4. The van der Waals surface area contributed by atoms with E-state index >= 15 is 0 Å². The number of H-pyrrole nitrogens is 1. The van der Waals surface area contributed by atoms with Gasteiger partial charge in [0.15, 0.2) is 23.4 Å². The van der Waals surface area contributed by atoms with Gasteiger partial charge in [-0.3, -0.25) is 9.80 Å². The van der Waals surface area contributed by atoms with Gasteiger partial charge >= 0.3 is 6.18 Å². The quantitative estimate of drug-likeness (QED) is 0.238. The maximum atomic E-state index is 14.4. The molecule has 0 radical (unpaired) electrons. The van der Waals surface area contributed by atoms with E-state index in [1.807, 2.05) is 6.92 Å². The molecular weight excluding hydrogens is 563 g/mol. The first-order valence-electron chi connectivity index (χ1n) is 13.0. The van der Waals surface area contributed by atoms with Crippen molar-refractivity contribution >= 4 is 12.1 Å². The predicted molar refractivity (Wildman–Crippen MR) is 141 cm³/mol. The lowest BCUT2D eigenvalue weighted by molar-refractivity contribution is -0.137. The number of aromatic nitrogens is 3. The largest absolute Gasteiger partial charge is 0.494 e. The molecule has 1 amide bonds. The Labute approximate surface area is 236 Å². The Morgan fingerprint density at radius 2 is 1.98 bits per heavy atom. The van der Waals surface area contributed by atoms with Crippen molar-refractivity contribution < 1.29 is 36.0 Å². The van der Waals surface area contributed by atoms with Gasteiger partial charge in [0.1, 0.15) is 23.0 Å². The minimum Gasteiger partial charge on any atom is -0.494 e. The molecule has 0 aliphatic carbocycles. The Morgan fingerprint density at radius 3 is 2.71 bits per heavy atom. The van der Waals surface area contributed by atoms with Crippen LogP contribution in [0.3, 0.4) is 0 Å². The minimum atomic E-state index is -4.72. The first-order valence-corrected chi connectivity index (χ1v) is 13.0. The van der Waals surface area contributed by atoms with Gasteiger partial charge in [-0.15, -0.1) is 0 Å². The summed E-state index contributed by atoms with van der Waals surface area (Å²) in [5.41, 5.74) is -0.661. The summed E-state index contributed by atoms with van der Waals surface area (Å²) in [6.45, 7) is 4.01. The molecule has 42 heavy (non-hydrogen) atoms. The van der Waals surface area contributed by atoms with Crippen molar-refractivity contribution in [2.24, 2.45) is 5.10 Å². The number of likely N-dealkylation sites (N-methyl/N-ethyl adjacent to an activating group) is 1. The second-order valence-electron chi connectivity index (χ2n) is 9.36. The molecule has 14 heteroatoms. The number of imidazole rings is 1. The number of fused-ring (bicyclic) bond motifs is 1. The van der Waals surface area contributed by atoms with Gasteiger partial charge in [0.2, 0.25) is 0 Å². The number of carbonyl (C=O) groups excluding carboxylic acids is 1. The van der Waals surface area contributed by atoms with E-state index in [4.69, 9.17) is 9.26 Å². The van der Waals surface area contributed by atoms with E-state index in [9.17, 15) is 26.7 Å². The molecule has 0 fully saturated rings. The number of benzene rings is 2. The van der Waals surface area contributed by atoms with Gasteiger partial charge in [0, 0.05) is 18.2 Å². The fraction of sp³-hybridized carbons (Fsp3) is 0.286. The number of amides is 1. The smallest absolute Gasteiger partial charge is 0.417 e. The first kappa shape index (κ1) is 28.8. The van der Waals surface area contributed by atoms with Gasteiger partial charge in [-0.05, 0) is 43.7 Å². The summed E-state index contributed by atoms with van der Waals surface area (Å²) in [6, 6.07) is 7.26. The Bertz CT molecular complexity index is 1630. The average Bonchev–Trinajstić information content (AvgIpc) is 3.60. The summed E-state index contributed by atoms with van der Waals surface area (Å²) < 4.78 is 80.8. The molecule has 0 spiro atoms. The lowest BCUT2D eigenvalue weighted by Gasteiger charge is -2.27. The van der Waals surface area contributed by atoms with Gasteiger partial charge in [0.25, 0.3) is 5.91 Å². The highest BCUT2D eigenvalue weighted by Gasteiger charge is 2.37. The van der Waals surface area contributed by atoms with Crippen LogP contribution < -0.4 is 10.1 Å². The van der Waals surface area contributed by atoms with Crippen molar-refractivity contribution in [3.63, 3.8) is 0 Å². The lowest BCUT2D eigenvalue weighted by atomic mass is 10.0. The van der Waals surface area contributed by atoms with Crippen LogP contribution in [0.5, 0.6) is 5.75 Å². The molecule has 2 N–H and O–H groups in total. The Kier molecular flexibility index (Phi) is 7.96. The number of nitrogens with one attached hydrogen (secondary N) is 2. The van der Waals surface area contributed by atoms with Crippen molar-refractivity contribution in [2.45, 2.75) is 39.0 Å². The summed E-state index contributed by atoms with van der Waals surface area (Å²) in [5.74, 6) is -2.59. The van der Waals surface area contributed by atoms with Crippen LogP contribution in [0.2, 0.25) is 0 Å². The highest BCUT2D eigenvalue weighted by molar-refractivity contribution is 5.85. The number of hydrogen-bond donors (Lipinski definition) is 2. The third-order valence-electron chi connectivity index (χ3n) is 6.41. The number of aromatic amines is 1. The minimum absolute atomic E-state index is 0.0368. The maximum absolute atomic E-state index is 14.4. The number of carbonyl (C=O) groups is 1. The Morgan fingerprint density at radius 1 is 1.17 bits per heavy atom. The second-order valence-corrected chi connectivity index (χ2v) is 9.36. The summed E-state index contributed by atoms with van der Waals surface area (Å²) in [7, 11) is 0. The molecule has 2 aromatic carbocycles. The zero-order valence-corrected chi connectivity index (χ0v) is 22.4. The summed E-state index contributed by atoms with van der Waals surface area (Å²) in [4.78, 5) is 20.4. The molecule has 4 aromatic rings. The monoisotopic (exact) mass is 588 g/mol. The van der Waals surface area contributed by atoms with E-state index in [0.717, 1.165) is 12.1 Å². The molecular formula is C28H25F5N6O3.